The third-order valence-electron chi connectivity index (χ3n) is 3.16. The topological polar surface area (TPSA) is 99.3 Å². The first-order chi connectivity index (χ1) is 8.95. The molecule has 0 atom stereocenters. The molecule has 5 heterocycles. The average Bonchev–Trinajstić information content (AvgIpc) is 3.20. The monoisotopic (exact) mass is 250 g/mol. The van der Waals surface area contributed by atoms with Gasteiger partial charge in [-0.1, -0.05) is 5.21 Å². The van der Waals surface area contributed by atoms with Crippen LogP contribution in [0, 0.1) is 5.92 Å². The molecular weight excluding hydrogens is 232 g/mol. The number of fused-ring (bicyclic) bond motifs is 3. The Labute approximate surface area is 105 Å². The molecule has 3 aliphatic rings. The molecular formula is C10H18N8. The maximum atomic E-state index is 3.49. The summed E-state index contributed by atoms with van der Waals surface area (Å²) < 4.78 is 0. The van der Waals surface area contributed by atoms with E-state index < -0.39 is 0 Å². The van der Waals surface area contributed by atoms with Gasteiger partial charge >= 0.3 is 0 Å². The highest BCUT2D eigenvalue weighted by Crippen LogP contribution is 2.26. The van der Waals surface area contributed by atoms with Crippen LogP contribution in [-0.2, 0) is 0 Å². The lowest BCUT2D eigenvalue weighted by molar-refractivity contribution is 0.111. The minimum absolute atomic E-state index is 1.11. The van der Waals surface area contributed by atoms with Gasteiger partial charge in [0.15, 0.2) is 6.33 Å². The Morgan fingerprint density at radius 1 is 0.889 bits per heavy atom. The van der Waals surface area contributed by atoms with E-state index in [1.807, 2.05) is 0 Å². The fourth-order valence-electron chi connectivity index (χ4n) is 2.16. The lowest BCUT2D eigenvalue weighted by Gasteiger charge is -2.38. The zero-order chi connectivity index (χ0) is 12.5. The van der Waals surface area contributed by atoms with Crippen molar-refractivity contribution < 1.29 is 0 Å². The molecule has 2 bridgehead atoms. The number of nitrogens with one attached hydrogen (secondary N) is 2. The van der Waals surface area contributed by atoms with Gasteiger partial charge in [-0.15, -0.1) is 10.2 Å². The Bertz CT molecular complexity index is 281. The van der Waals surface area contributed by atoms with Crippen LogP contribution in [0.3, 0.4) is 0 Å². The molecule has 8 nitrogen and oxygen atoms in total. The van der Waals surface area contributed by atoms with Crippen LogP contribution in [0.25, 0.3) is 0 Å². The molecule has 2 N–H and O–H groups in total. The maximum Gasteiger partial charge on any atom is 0.161 e. The summed E-state index contributed by atoms with van der Waals surface area (Å²) in [5.74, 6) is 1.11. The van der Waals surface area contributed by atoms with Gasteiger partial charge in [-0.2, -0.15) is 20.6 Å². The molecule has 0 aliphatic carbocycles. The maximum absolute atomic E-state index is 3.49. The summed E-state index contributed by atoms with van der Waals surface area (Å²) >= 11 is 0. The van der Waals surface area contributed by atoms with Crippen LogP contribution >= 0.6 is 0 Å². The molecule has 0 amide bonds. The number of H-pyrrole nitrogens is 2. The smallest absolute Gasteiger partial charge is 0.161 e. The van der Waals surface area contributed by atoms with Crippen molar-refractivity contribution >= 4 is 0 Å². The van der Waals surface area contributed by atoms with Crippen molar-refractivity contribution in [1.29, 1.82) is 0 Å². The zero-order valence-corrected chi connectivity index (χ0v) is 10.2. The number of aromatic amines is 2. The van der Waals surface area contributed by atoms with Gasteiger partial charge < -0.3 is 4.90 Å². The van der Waals surface area contributed by atoms with E-state index in [1.165, 1.54) is 45.2 Å². The van der Waals surface area contributed by atoms with Crippen LogP contribution in [0.1, 0.15) is 19.3 Å². The highest BCUT2D eigenvalue weighted by Gasteiger charge is 2.24. The van der Waals surface area contributed by atoms with Gasteiger partial charge in [-0.3, -0.25) is 0 Å². The van der Waals surface area contributed by atoms with E-state index in [-0.39, 0.29) is 0 Å². The van der Waals surface area contributed by atoms with Crippen LogP contribution in [-0.4, -0.2) is 60.6 Å². The number of tetrazole rings is 1. The van der Waals surface area contributed by atoms with E-state index in [2.05, 4.69) is 40.9 Å². The van der Waals surface area contributed by atoms with Crippen LogP contribution in [0.2, 0.25) is 0 Å². The summed E-state index contributed by atoms with van der Waals surface area (Å²) in [6.07, 6.45) is 8.96. The van der Waals surface area contributed by atoms with Crippen molar-refractivity contribution in [3.8, 4) is 0 Å². The normalized spacial score (nSPS) is 24.4. The van der Waals surface area contributed by atoms with Crippen molar-refractivity contribution in [3.63, 3.8) is 0 Å². The highest BCUT2D eigenvalue weighted by molar-refractivity contribution is 4.78. The molecule has 0 aromatic carbocycles. The van der Waals surface area contributed by atoms with Crippen LogP contribution in [0.5, 0.6) is 0 Å². The van der Waals surface area contributed by atoms with E-state index >= 15 is 0 Å². The third kappa shape index (κ3) is 4.58. The number of aromatic nitrogens is 7. The highest BCUT2D eigenvalue weighted by atomic mass is 15.5. The van der Waals surface area contributed by atoms with Gasteiger partial charge in [0, 0.05) is 0 Å². The van der Waals surface area contributed by atoms with Crippen molar-refractivity contribution in [3.05, 3.63) is 18.7 Å². The molecule has 0 spiro atoms. The fourth-order valence-corrected chi connectivity index (χ4v) is 2.16. The van der Waals surface area contributed by atoms with Gasteiger partial charge in [0.05, 0.1) is 12.4 Å². The lowest BCUT2D eigenvalue weighted by Crippen LogP contribution is -2.41. The summed E-state index contributed by atoms with van der Waals surface area (Å²) in [5.41, 5.74) is 0. The molecule has 3 saturated heterocycles. The Hall–Kier alpha value is -1.83. The minimum Gasteiger partial charge on any atom is -0.303 e. The van der Waals surface area contributed by atoms with Crippen LogP contribution in [0.4, 0.5) is 0 Å². The first kappa shape index (κ1) is 12.6. The van der Waals surface area contributed by atoms with Crippen LogP contribution in [0.15, 0.2) is 18.7 Å². The molecule has 0 unspecified atom stereocenters. The fraction of sp³-hybridized carbons (Fsp3) is 0.700. The summed E-state index contributed by atoms with van der Waals surface area (Å²) in [6, 6.07) is 0. The predicted octanol–water partition coefficient (Wildman–Crippen LogP) is 0.107. The molecule has 5 rings (SSSR count). The Balaban J connectivity index is 0.000000106. The summed E-state index contributed by atoms with van der Waals surface area (Å²) in [4.78, 5) is 2.58. The molecule has 98 valence electrons. The van der Waals surface area contributed by atoms with Crippen molar-refractivity contribution in [2.45, 2.75) is 19.3 Å². The van der Waals surface area contributed by atoms with Crippen molar-refractivity contribution in [2.75, 3.05) is 19.6 Å². The summed E-state index contributed by atoms with van der Waals surface area (Å²) in [6.45, 7) is 4.18. The van der Waals surface area contributed by atoms with Gasteiger partial charge in [0.25, 0.3) is 0 Å². The van der Waals surface area contributed by atoms with E-state index in [0.29, 0.717) is 0 Å². The van der Waals surface area contributed by atoms with E-state index in [0.717, 1.165) is 5.92 Å². The molecule has 3 fully saturated rings. The molecule has 18 heavy (non-hydrogen) atoms. The number of hydrogen-bond acceptors (Lipinski definition) is 6. The Kier molecular flexibility index (Phi) is 5.25. The molecule has 2 aromatic heterocycles. The van der Waals surface area contributed by atoms with Crippen molar-refractivity contribution in [1.82, 2.24) is 40.9 Å². The first-order valence-corrected chi connectivity index (χ1v) is 6.13. The van der Waals surface area contributed by atoms with Crippen LogP contribution < -0.4 is 0 Å². The standard InChI is InChI=1S/C7H13N.C2H3N3.CH2N4/c1-4-8-5-2-7(1)3-6-8;2*1-2-4-5-3-1/h7H,1-6H2;1-2H,(H,3,4,5);1H,(H,2,3,4,5). The second-order valence-electron chi connectivity index (χ2n) is 4.29. The molecule has 2 aromatic rings. The van der Waals surface area contributed by atoms with Crippen molar-refractivity contribution in [2.24, 2.45) is 5.92 Å². The molecule has 8 heteroatoms. The SMILES string of the molecule is C1CN2CCC1CC2.c1cn[nH]n1.c1nn[nH]n1. The molecule has 0 saturated carbocycles. The van der Waals surface area contributed by atoms with Gasteiger partial charge in [-0.05, 0) is 44.8 Å². The third-order valence-corrected chi connectivity index (χ3v) is 3.16. The van der Waals surface area contributed by atoms with Gasteiger partial charge in [0.2, 0.25) is 0 Å². The summed E-state index contributed by atoms with van der Waals surface area (Å²) in [7, 11) is 0. The molecule has 3 aliphatic heterocycles. The summed E-state index contributed by atoms with van der Waals surface area (Å²) in [5, 5.41) is 21.5. The van der Waals surface area contributed by atoms with E-state index in [1.54, 1.807) is 12.4 Å². The largest absolute Gasteiger partial charge is 0.303 e. The van der Waals surface area contributed by atoms with Gasteiger partial charge in [0.1, 0.15) is 0 Å². The van der Waals surface area contributed by atoms with E-state index in [9.17, 15) is 0 Å². The Morgan fingerprint density at radius 3 is 1.72 bits per heavy atom. The average molecular weight is 250 g/mol. The zero-order valence-electron chi connectivity index (χ0n) is 10.2. The second kappa shape index (κ2) is 7.49. The van der Waals surface area contributed by atoms with Gasteiger partial charge in [-0.25, -0.2) is 0 Å². The quantitative estimate of drug-likeness (QED) is 0.688. The first-order valence-electron chi connectivity index (χ1n) is 6.13. The Morgan fingerprint density at radius 2 is 1.56 bits per heavy atom. The second-order valence-corrected chi connectivity index (χ2v) is 4.29. The lowest BCUT2D eigenvalue weighted by atomic mass is 9.89. The number of piperidine rings is 3. The minimum atomic E-state index is 1.11. The number of nitrogens with zero attached hydrogens (tertiary/aromatic N) is 6. The number of hydrogen-bond donors (Lipinski definition) is 2. The predicted molar refractivity (Wildman–Crippen MR) is 64.3 cm³/mol. The number of rotatable bonds is 0. The molecule has 0 radical (unpaired) electrons. The van der Waals surface area contributed by atoms with E-state index in [4.69, 9.17) is 0 Å².